The minimum Gasteiger partial charge on any atom is -0.323 e. The normalized spacial score (nSPS) is 35.9. The first kappa shape index (κ1) is 15.2. The van der Waals surface area contributed by atoms with Crippen molar-refractivity contribution >= 4 is 17.7 Å². The summed E-state index contributed by atoms with van der Waals surface area (Å²) in [6.45, 7) is 4.33. The smallest absolute Gasteiger partial charge is 0.241 e. The summed E-state index contributed by atoms with van der Waals surface area (Å²) >= 11 is 1.98. The van der Waals surface area contributed by atoms with Gasteiger partial charge in [0.25, 0.3) is 0 Å². The zero-order chi connectivity index (χ0) is 13.8. The Bertz CT molecular complexity index is 303. The predicted molar refractivity (Wildman–Crippen MR) is 82.3 cm³/mol. The maximum atomic E-state index is 12.5. The van der Waals surface area contributed by atoms with Gasteiger partial charge in [0.1, 0.15) is 0 Å². The third kappa shape index (κ3) is 3.46. The van der Waals surface area contributed by atoms with Gasteiger partial charge in [0.05, 0.1) is 12.2 Å². The molecule has 1 N–H and O–H groups in total. The first-order valence-electron chi connectivity index (χ1n) is 7.78. The molecule has 1 aliphatic carbocycles. The van der Waals surface area contributed by atoms with Gasteiger partial charge in [-0.2, -0.15) is 11.8 Å². The molecule has 2 aliphatic rings. The van der Waals surface area contributed by atoms with Crippen LogP contribution in [0.25, 0.3) is 0 Å². The fraction of sp³-hybridized carbons (Fsp3) is 0.933. The molecular weight excluding hydrogens is 256 g/mol. The van der Waals surface area contributed by atoms with Crippen molar-refractivity contribution in [2.45, 2.75) is 82.3 Å². The molecule has 0 radical (unpaired) electrons. The van der Waals surface area contributed by atoms with Crippen LogP contribution in [0.2, 0.25) is 0 Å². The Morgan fingerprint density at radius 2 is 2.00 bits per heavy atom. The summed E-state index contributed by atoms with van der Waals surface area (Å²) in [6.07, 6.45) is 10.6. The largest absolute Gasteiger partial charge is 0.323 e. The van der Waals surface area contributed by atoms with E-state index >= 15 is 0 Å². The van der Waals surface area contributed by atoms with E-state index in [-0.39, 0.29) is 12.2 Å². The summed E-state index contributed by atoms with van der Waals surface area (Å²) in [7, 11) is 0. The standard InChI is InChI=1S/C15H28N2OS/c1-4-5-6-14-15(18)17(11(2)16-14)12-7-9-13(19-3)10-8-12/h11-14,16H,4-10H2,1-3H3. The van der Waals surface area contributed by atoms with Gasteiger partial charge in [0.2, 0.25) is 5.91 Å². The molecule has 0 aromatic heterocycles. The second-order valence-corrected chi connectivity index (χ2v) is 7.09. The van der Waals surface area contributed by atoms with Gasteiger partial charge in [-0.05, 0) is 45.3 Å². The summed E-state index contributed by atoms with van der Waals surface area (Å²) in [6, 6.07) is 0.554. The molecule has 0 bridgehead atoms. The van der Waals surface area contributed by atoms with Gasteiger partial charge in [0.15, 0.2) is 0 Å². The number of unbranched alkanes of at least 4 members (excludes halogenated alkanes) is 1. The van der Waals surface area contributed by atoms with Crippen molar-refractivity contribution in [2.75, 3.05) is 6.26 Å². The lowest BCUT2D eigenvalue weighted by Gasteiger charge is -2.36. The van der Waals surface area contributed by atoms with Crippen LogP contribution < -0.4 is 5.32 Å². The van der Waals surface area contributed by atoms with Gasteiger partial charge in [-0.25, -0.2) is 0 Å². The molecule has 4 heteroatoms. The lowest BCUT2D eigenvalue weighted by molar-refractivity contribution is -0.132. The number of hydrogen-bond acceptors (Lipinski definition) is 3. The van der Waals surface area contributed by atoms with Gasteiger partial charge in [-0.3, -0.25) is 10.1 Å². The third-order valence-electron chi connectivity index (χ3n) is 4.63. The highest BCUT2D eigenvalue weighted by atomic mass is 32.2. The van der Waals surface area contributed by atoms with Crippen LogP contribution in [-0.4, -0.2) is 40.6 Å². The van der Waals surface area contributed by atoms with Crippen LogP contribution in [0.4, 0.5) is 0 Å². The van der Waals surface area contributed by atoms with E-state index in [4.69, 9.17) is 0 Å². The SMILES string of the molecule is CCCCC1NC(C)N(C2CCC(SC)CC2)C1=O. The molecule has 0 aromatic carbocycles. The molecule has 2 unspecified atom stereocenters. The van der Waals surface area contributed by atoms with Crippen molar-refractivity contribution < 1.29 is 4.79 Å². The minimum atomic E-state index is 0.0771. The minimum absolute atomic E-state index is 0.0771. The molecule has 19 heavy (non-hydrogen) atoms. The molecule has 2 rings (SSSR count). The fourth-order valence-corrected chi connectivity index (χ4v) is 4.23. The van der Waals surface area contributed by atoms with E-state index in [1.165, 1.54) is 32.1 Å². The maximum Gasteiger partial charge on any atom is 0.241 e. The molecule has 1 amide bonds. The maximum absolute atomic E-state index is 12.5. The monoisotopic (exact) mass is 284 g/mol. The summed E-state index contributed by atoms with van der Waals surface area (Å²) in [5.74, 6) is 0.355. The van der Waals surface area contributed by atoms with E-state index in [0.29, 0.717) is 11.9 Å². The molecule has 1 saturated carbocycles. The number of hydrogen-bond donors (Lipinski definition) is 1. The van der Waals surface area contributed by atoms with Gasteiger partial charge >= 0.3 is 0 Å². The van der Waals surface area contributed by atoms with Crippen molar-refractivity contribution in [3.05, 3.63) is 0 Å². The second kappa shape index (κ2) is 6.98. The summed E-state index contributed by atoms with van der Waals surface area (Å²) in [5, 5.41) is 4.30. The highest BCUT2D eigenvalue weighted by Crippen LogP contribution is 2.32. The molecule has 1 saturated heterocycles. The van der Waals surface area contributed by atoms with Gasteiger partial charge < -0.3 is 4.90 Å². The Labute approximate surface area is 121 Å². The van der Waals surface area contributed by atoms with Crippen molar-refractivity contribution in [3.8, 4) is 0 Å². The number of thioether (sulfide) groups is 1. The molecule has 2 fully saturated rings. The summed E-state index contributed by atoms with van der Waals surface area (Å²) < 4.78 is 0. The van der Waals surface area contributed by atoms with Crippen LogP contribution in [0.15, 0.2) is 0 Å². The molecule has 110 valence electrons. The quantitative estimate of drug-likeness (QED) is 0.842. The van der Waals surface area contributed by atoms with E-state index < -0.39 is 0 Å². The number of rotatable bonds is 5. The van der Waals surface area contributed by atoms with Gasteiger partial charge in [-0.1, -0.05) is 19.8 Å². The lowest BCUT2D eigenvalue weighted by atomic mass is 9.93. The zero-order valence-corrected chi connectivity index (χ0v) is 13.3. The molecule has 3 nitrogen and oxygen atoms in total. The highest BCUT2D eigenvalue weighted by molar-refractivity contribution is 7.99. The average molecular weight is 284 g/mol. The van der Waals surface area contributed by atoms with Gasteiger partial charge in [0, 0.05) is 11.3 Å². The fourth-order valence-electron chi connectivity index (χ4n) is 3.48. The van der Waals surface area contributed by atoms with E-state index in [1.54, 1.807) is 0 Å². The average Bonchev–Trinajstić information content (AvgIpc) is 2.71. The van der Waals surface area contributed by atoms with E-state index in [2.05, 4.69) is 30.3 Å². The Balaban J connectivity index is 1.91. The first-order chi connectivity index (χ1) is 9.17. The molecular formula is C15H28N2OS. The third-order valence-corrected chi connectivity index (χ3v) is 5.77. The zero-order valence-electron chi connectivity index (χ0n) is 12.5. The van der Waals surface area contributed by atoms with Gasteiger partial charge in [-0.15, -0.1) is 0 Å². The van der Waals surface area contributed by atoms with Crippen molar-refractivity contribution in [3.63, 3.8) is 0 Å². The van der Waals surface area contributed by atoms with E-state index in [0.717, 1.165) is 18.1 Å². The number of nitrogens with one attached hydrogen (secondary N) is 1. The summed E-state index contributed by atoms with van der Waals surface area (Å²) in [4.78, 5) is 14.7. The number of carbonyl (C=O) groups excluding carboxylic acids is 1. The predicted octanol–water partition coefficient (Wildman–Crippen LogP) is 3.00. The van der Waals surface area contributed by atoms with Crippen molar-refractivity contribution in [1.82, 2.24) is 10.2 Å². The molecule has 1 heterocycles. The van der Waals surface area contributed by atoms with Crippen LogP contribution >= 0.6 is 11.8 Å². The van der Waals surface area contributed by atoms with Crippen LogP contribution in [-0.2, 0) is 4.79 Å². The lowest BCUT2D eigenvalue weighted by Crippen LogP contribution is -2.45. The Morgan fingerprint density at radius 1 is 1.32 bits per heavy atom. The molecule has 0 aromatic rings. The van der Waals surface area contributed by atoms with Crippen LogP contribution in [0.5, 0.6) is 0 Å². The Hall–Kier alpha value is -0.220. The van der Waals surface area contributed by atoms with Crippen molar-refractivity contribution in [2.24, 2.45) is 0 Å². The molecule has 1 aliphatic heterocycles. The topological polar surface area (TPSA) is 32.3 Å². The molecule has 2 atom stereocenters. The first-order valence-corrected chi connectivity index (χ1v) is 9.07. The molecule has 0 spiro atoms. The Morgan fingerprint density at radius 3 is 2.58 bits per heavy atom. The van der Waals surface area contributed by atoms with Crippen LogP contribution in [0, 0.1) is 0 Å². The van der Waals surface area contributed by atoms with E-state index in [1.807, 2.05) is 11.8 Å². The second-order valence-electron chi connectivity index (χ2n) is 5.95. The number of nitrogens with zero attached hydrogens (tertiary/aromatic N) is 1. The Kier molecular flexibility index (Phi) is 5.58. The van der Waals surface area contributed by atoms with Crippen molar-refractivity contribution in [1.29, 1.82) is 0 Å². The van der Waals surface area contributed by atoms with Crippen LogP contribution in [0.1, 0.15) is 58.8 Å². The van der Waals surface area contributed by atoms with Crippen LogP contribution in [0.3, 0.4) is 0 Å². The number of amides is 1. The highest BCUT2D eigenvalue weighted by Gasteiger charge is 2.40. The summed E-state index contributed by atoms with van der Waals surface area (Å²) in [5.41, 5.74) is 0. The number of carbonyl (C=O) groups is 1. The van der Waals surface area contributed by atoms with E-state index in [9.17, 15) is 4.79 Å².